The first-order valence-corrected chi connectivity index (χ1v) is 15.0. The van der Waals surface area contributed by atoms with Gasteiger partial charge in [0.25, 0.3) is 8.89 Å². The van der Waals surface area contributed by atoms with E-state index >= 15 is 0 Å². The van der Waals surface area contributed by atoms with Crippen molar-refractivity contribution in [1.82, 2.24) is 8.61 Å². The summed E-state index contributed by atoms with van der Waals surface area (Å²) in [5, 5.41) is 0. The fourth-order valence-electron chi connectivity index (χ4n) is 2.51. The molecule has 0 aliphatic carbocycles. The Morgan fingerprint density at radius 2 is 1.04 bits per heavy atom. The first-order valence-electron chi connectivity index (χ1n) is 8.77. The van der Waals surface area contributed by atoms with E-state index in [1.54, 1.807) is 21.6 Å². The molecule has 0 bridgehead atoms. The molecule has 2 heterocycles. The summed E-state index contributed by atoms with van der Waals surface area (Å²) in [5.74, 6) is 1.91. The highest BCUT2D eigenvalue weighted by Crippen LogP contribution is 2.35. The van der Waals surface area contributed by atoms with Gasteiger partial charge in [-0.1, -0.05) is 34.4 Å². The number of rotatable bonds is 8. The van der Waals surface area contributed by atoms with Crippen molar-refractivity contribution in [1.29, 1.82) is 0 Å². The van der Waals surface area contributed by atoms with Crippen LogP contribution >= 0.6 is 67.1 Å². The molecule has 0 atom stereocenters. The number of piperidine rings is 2. The van der Waals surface area contributed by atoms with Crippen molar-refractivity contribution in [3.8, 4) is 0 Å². The normalized spacial score (nSPS) is 19.8. The molecule has 2 aliphatic heterocycles. The van der Waals surface area contributed by atoms with Crippen LogP contribution in [-0.2, 0) is 0 Å². The smallest absolute Gasteiger partial charge is 0.271 e. The van der Waals surface area contributed by atoms with Gasteiger partial charge < -0.3 is 0 Å². The monoisotopic (exact) mass is 458 g/mol. The van der Waals surface area contributed by atoms with Crippen LogP contribution < -0.4 is 0 Å². The number of hydrogen-bond acceptors (Lipinski definition) is 10. The molecule has 2 fully saturated rings. The second kappa shape index (κ2) is 14.4. The van der Waals surface area contributed by atoms with Crippen LogP contribution in [-0.4, -0.2) is 55.2 Å². The second-order valence-electron chi connectivity index (χ2n) is 5.83. The van der Waals surface area contributed by atoms with Crippen molar-refractivity contribution in [2.24, 2.45) is 0 Å². The summed E-state index contributed by atoms with van der Waals surface area (Å²) in [6.45, 7) is 4.16. The van der Waals surface area contributed by atoms with Gasteiger partial charge in [-0.2, -0.15) is 0 Å². The summed E-state index contributed by atoms with van der Waals surface area (Å²) >= 11 is 2.77. The molecule has 0 unspecified atom stereocenters. The number of carbonyl (C=O) groups excluding carboxylic acids is 2. The van der Waals surface area contributed by atoms with Gasteiger partial charge in [0.1, 0.15) is 0 Å². The van der Waals surface area contributed by atoms with Gasteiger partial charge in [0, 0.05) is 61.6 Å². The van der Waals surface area contributed by atoms with Crippen LogP contribution in [0.15, 0.2) is 0 Å². The predicted octanol–water partition coefficient (Wildman–Crippen LogP) is 6.65. The molecule has 0 aromatic rings. The van der Waals surface area contributed by atoms with Crippen LogP contribution in [0, 0.1) is 0 Å². The molecule has 4 nitrogen and oxygen atoms in total. The molecule has 25 heavy (non-hydrogen) atoms. The van der Waals surface area contributed by atoms with Gasteiger partial charge in [0.05, 0.1) is 0 Å². The van der Waals surface area contributed by atoms with Gasteiger partial charge in [-0.05, 0) is 53.7 Å². The Morgan fingerprint density at radius 3 is 1.44 bits per heavy atom. The number of hydrogen-bond donors (Lipinski definition) is 0. The van der Waals surface area contributed by atoms with Gasteiger partial charge in [-0.3, -0.25) is 9.59 Å². The zero-order valence-corrected chi connectivity index (χ0v) is 19.3. The standard InChI is InChI=1S/C15H26N2O2S6/c18-14(22-16-8-3-1-4-9-16)24-20-12-7-13-21-25-15(19)23-17-10-5-2-6-11-17/h1-13H2. The third kappa shape index (κ3) is 11.1. The number of nitrogens with zero attached hydrogens (tertiary/aromatic N) is 2. The summed E-state index contributed by atoms with van der Waals surface area (Å²) in [5.41, 5.74) is 0. The van der Waals surface area contributed by atoms with Gasteiger partial charge in [-0.25, -0.2) is 8.61 Å². The summed E-state index contributed by atoms with van der Waals surface area (Å²) < 4.78 is 4.78. The Kier molecular flexibility index (Phi) is 13.0. The minimum atomic E-state index is 0.196. The zero-order valence-electron chi connectivity index (χ0n) is 14.4. The van der Waals surface area contributed by atoms with Crippen LogP contribution in [0.1, 0.15) is 44.9 Å². The van der Waals surface area contributed by atoms with E-state index in [2.05, 4.69) is 8.61 Å². The van der Waals surface area contributed by atoms with Crippen molar-refractivity contribution in [3.63, 3.8) is 0 Å². The predicted molar refractivity (Wildman–Crippen MR) is 122 cm³/mol. The van der Waals surface area contributed by atoms with Crippen molar-refractivity contribution in [2.75, 3.05) is 37.7 Å². The Labute approximate surface area is 175 Å². The maximum atomic E-state index is 11.9. The average molecular weight is 459 g/mol. The number of carbonyl (C=O) groups is 2. The Morgan fingerprint density at radius 1 is 0.640 bits per heavy atom. The molecule has 0 aromatic carbocycles. The van der Waals surface area contributed by atoms with Gasteiger partial charge in [-0.15, -0.1) is 0 Å². The highest BCUT2D eigenvalue weighted by Gasteiger charge is 2.16. The van der Waals surface area contributed by atoms with Crippen LogP contribution in [0.25, 0.3) is 0 Å². The fraction of sp³-hybridized carbons (Fsp3) is 0.867. The summed E-state index contributed by atoms with van der Waals surface area (Å²) in [4.78, 5) is 23.8. The Bertz CT molecular complexity index is 367. The maximum absolute atomic E-state index is 11.9. The molecule has 10 heteroatoms. The van der Waals surface area contributed by atoms with Crippen molar-refractivity contribution in [3.05, 3.63) is 0 Å². The molecule has 0 N–H and O–H groups in total. The molecule has 0 amide bonds. The van der Waals surface area contributed by atoms with E-state index in [1.165, 1.54) is 84.0 Å². The van der Waals surface area contributed by atoms with E-state index in [9.17, 15) is 9.59 Å². The van der Waals surface area contributed by atoms with Gasteiger partial charge >= 0.3 is 0 Å². The molecule has 0 saturated carbocycles. The SMILES string of the molecule is O=C(SSCCCSSC(=O)SN1CCCCC1)SN1CCCCC1. The zero-order chi connectivity index (χ0) is 17.7. The molecular formula is C15H26N2O2S6. The lowest BCUT2D eigenvalue weighted by Crippen LogP contribution is -2.23. The highest BCUT2D eigenvalue weighted by atomic mass is 33.1. The minimum absolute atomic E-state index is 0.196. The van der Waals surface area contributed by atoms with Crippen LogP contribution in [0.3, 0.4) is 0 Å². The summed E-state index contributed by atoms with van der Waals surface area (Å²) in [6.07, 6.45) is 8.45. The summed E-state index contributed by atoms with van der Waals surface area (Å²) in [7, 11) is 6.00. The summed E-state index contributed by atoms with van der Waals surface area (Å²) in [6, 6.07) is 0. The lowest BCUT2D eigenvalue weighted by atomic mass is 10.2. The van der Waals surface area contributed by atoms with Gasteiger partial charge in [0.2, 0.25) is 0 Å². The average Bonchev–Trinajstić information content (AvgIpc) is 2.62. The first kappa shape index (κ1) is 22.6. The molecule has 0 radical (unpaired) electrons. The van der Waals surface area contributed by atoms with E-state index in [4.69, 9.17) is 0 Å². The molecular weight excluding hydrogens is 433 g/mol. The lowest BCUT2D eigenvalue weighted by molar-refractivity contribution is 0.274. The first-order chi connectivity index (χ1) is 12.2. The second-order valence-corrected chi connectivity index (χ2v) is 13.3. The van der Waals surface area contributed by atoms with E-state index in [0.717, 1.165) is 44.1 Å². The van der Waals surface area contributed by atoms with E-state index < -0.39 is 0 Å². The van der Waals surface area contributed by atoms with Crippen molar-refractivity contribution in [2.45, 2.75) is 44.9 Å². The minimum Gasteiger partial charge on any atom is -0.272 e. The van der Waals surface area contributed by atoms with Crippen molar-refractivity contribution >= 4 is 76.0 Å². The fourth-order valence-corrected chi connectivity index (χ4v) is 8.95. The van der Waals surface area contributed by atoms with Crippen LogP contribution in [0.4, 0.5) is 9.59 Å². The molecule has 2 aliphatic rings. The third-order valence-electron chi connectivity index (χ3n) is 3.75. The van der Waals surface area contributed by atoms with Crippen LogP contribution in [0.5, 0.6) is 0 Å². The molecule has 0 aromatic heterocycles. The van der Waals surface area contributed by atoms with E-state index in [-0.39, 0.29) is 8.89 Å². The van der Waals surface area contributed by atoms with Crippen molar-refractivity contribution < 1.29 is 9.59 Å². The molecule has 2 saturated heterocycles. The quantitative estimate of drug-likeness (QED) is 0.224. The van der Waals surface area contributed by atoms with Crippen LogP contribution in [0.2, 0.25) is 0 Å². The third-order valence-corrected chi connectivity index (χ3v) is 10.9. The molecule has 144 valence electrons. The maximum Gasteiger partial charge on any atom is 0.271 e. The Hall–Kier alpha value is 1.36. The molecule has 2 rings (SSSR count). The van der Waals surface area contributed by atoms with E-state index in [0.29, 0.717) is 0 Å². The van der Waals surface area contributed by atoms with Gasteiger partial charge in [0.15, 0.2) is 0 Å². The molecule has 0 spiro atoms. The largest absolute Gasteiger partial charge is 0.272 e. The topological polar surface area (TPSA) is 40.6 Å². The van der Waals surface area contributed by atoms with E-state index in [1.807, 2.05) is 0 Å². The Balaban J connectivity index is 1.38. The highest BCUT2D eigenvalue weighted by molar-refractivity contribution is 8.86. The lowest BCUT2D eigenvalue weighted by Gasteiger charge is -2.23.